The van der Waals surface area contributed by atoms with Gasteiger partial charge in [-0.1, -0.05) is 48.0 Å². The number of carbonyl (C=O) groups excluding carboxylic acids is 1. The van der Waals surface area contributed by atoms with Crippen LogP contribution < -0.4 is 0 Å². The number of H-pyrrole nitrogens is 1. The van der Waals surface area contributed by atoms with Crippen molar-refractivity contribution < 1.29 is 4.79 Å². The van der Waals surface area contributed by atoms with Gasteiger partial charge in [0, 0.05) is 27.7 Å². The van der Waals surface area contributed by atoms with E-state index in [4.69, 9.17) is 0 Å². The Bertz CT molecular complexity index is 844. The zero-order valence-electron chi connectivity index (χ0n) is 14.1. The summed E-state index contributed by atoms with van der Waals surface area (Å²) in [5.41, 5.74) is 5.09. The second-order valence-corrected chi connectivity index (χ2v) is 6.31. The molecule has 0 amide bonds. The van der Waals surface area contributed by atoms with Crippen molar-refractivity contribution >= 4 is 16.7 Å². The van der Waals surface area contributed by atoms with Crippen molar-refractivity contribution in [2.24, 2.45) is 0 Å². The van der Waals surface area contributed by atoms with Crippen molar-refractivity contribution in [1.82, 2.24) is 9.88 Å². The van der Waals surface area contributed by atoms with Gasteiger partial charge >= 0.3 is 0 Å². The van der Waals surface area contributed by atoms with Crippen LogP contribution in [0.15, 0.2) is 48.5 Å². The standard InChI is InChI=1S/C20H22N2O/c1-13-9-11-15(12-10-13)20(23)19(22(3)4)18-14(2)21-17-8-6-5-7-16(17)18/h5-12,19,21H,1-4H3. The van der Waals surface area contributed by atoms with Crippen LogP contribution in [-0.4, -0.2) is 29.8 Å². The lowest BCUT2D eigenvalue weighted by Crippen LogP contribution is -2.28. The van der Waals surface area contributed by atoms with E-state index in [1.54, 1.807) is 0 Å². The highest BCUT2D eigenvalue weighted by Gasteiger charge is 2.28. The number of aromatic amines is 1. The van der Waals surface area contributed by atoms with E-state index in [9.17, 15) is 4.79 Å². The van der Waals surface area contributed by atoms with E-state index in [0.717, 1.165) is 33.3 Å². The average Bonchev–Trinajstić information content (AvgIpc) is 2.84. The Morgan fingerprint density at radius 3 is 2.30 bits per heavy atom. The molecule has 0 saturated carbocycles. The number of benzene rings is 2. The van der Waals surface area contributed by atoms with Gasteiger partial charge in [0.1, 0.15) is 6.04 Å². The van der Waals surface area contributed by atoms with Gasteiger partial charge in [0.2, 0.25) is 0 Å². The fourth-order valence-electron chi connectivity index (χ4n) is 3.15. The molecule has 0 saturated heterocycles. The normalized spacial score (nSPS) is 12.7. The number of nitrogens with one attached hydrogen (secondary N) is 1. The molecular formula is C20H22N2O. The third-order valence-corrected chi connectivity index (χ3v) is 4.32. The molecule has 118 valence electrons. The van der Waals surface area contributed by atoms with Crippen LogP contribution in [0.3, 0.4) is 0 Å². The number of aryl methyl sites for hydroxylation is 2. The molecule has 3 nitrogen and oxygen atoms in total. The predicted octanol–water partition coefficient (Wildman–Crippen LogP) is 4.27. The molecule has 0 aliphatic carbocycles. The van der Waals surface area contributed by atoms with Crippen LogP contribution in [0.5, 0.6) is 0 Å². The summed E-state index contributed by atoms with van der Waals surface area (Å²) in [6.45, 7) is 4.07. The molecule has 23 heavy (non-hydrogen) atoms. The van der Waals surface area contributed by atoms with Gasteiger partial charge in [-0.25, -0.2) is 0 Å². The first kappa shape index (κ1) is 15.5. The minimum Gasteiger partial charge on any atom is -0.358 e. The van der Waals surface area contributed by atoms with E-state index in [1.807, 2.05) is 69.2 Å². The highest BCUT2D eigenvalue weighted by molar-refractivity contribution is 6.03. The van der Waals surface area contributed by atoms with E-state index >= 15 is 0 Å². The lowest BCUT2D eigenvalue weighted by atomic mass is 9.94. The number of nitrogens with zero attached hydrogens (tertiary/aromatic N) is 1. The summed E-state index contributed by atoms with van der Waals surface area (Å²) in [5, 5.41) is 1.11. The summed E-state index contributed by atoms with van der Waals surface area (Å²) >= 11 is 0. The molecule has 0 aliphatic heterocycles. The number of aromatic nitrogens is 1. The number of hydrogen-bond acceptors (Lipinski definition) is 2. The number of para-hydroxylation sites is 1. The Labute approximate surface area is 136 Å². The average molecular weight is 306 g/mol. The van der Waals surface area contributed by atoms with Crippen molar-refractivity contribution in [1.29, 1.82) is 0 Å². The van der Waals surface area contributed by atoms with Gasteiger partial charge in [-0.2, -0.15) is 0 Å². The van der Waals surface area contributed by atoms with E-state index in [2.05, 4.69) is 17.1 Å². The van der Waals surface area contributed by atoms with Crippen LogP contribution >= 0.6 is 0 Å². The van der Waals surface area contributed by atoms with E-state index < -0.39 is 0 Å². The molecule has 0 radical (unpaired) electrons. The van der Waals surface area contributed by atoms with Gasteiger partial charge < -0.3 is 4.98 Å². The minimum absolute atomic E-state index is 0.128. The smallest absolute Gasteiger partial charge is 0.184 e. The van der Waals surface area contributed by atoms with Crippen LogP contribution in [0, 0.1) is 13.8 Å². The number of ketones is 1. The summed E-state index contributed by atoms with van der Waals surface area (Å²) < 4.78 is 0. The fraction of sp³-hybridized carbons (Fsp3) is 0.250. The van der Waals surface area contributed by atoms with E-state index in [0.29, 0.717) is 0 Å². The summed E-state index contributed by atoms with van der Waals surface area (Å²) in [5.74, 6) is 0.128. The topological polar surface area (TPSA) is 36.1 Å². The summed E-state index contributed by atoms with van der Waals surface area (Å²) in [6, 6.07) is 15.7. The van der Waals surface area contributed by atoms with Gasteiger partial charge in [-0.15, -0.1) is 0 Å². The summed E-state index contributed by atoms with van der Waals surface area (Å²) in [4.78, 5) is 18.5. The number of Topliss-reactive ketones (excluding diaryl/α,β-unsaturated/α-hetero) is 1. The largest absolute Gasteiger partial charge is 0.358 e. The van der Waals surface area contributed by atoms with Crippen molar-refractivity contribution in [2.75, 3.05) is 14.1 Å². The molecule has 3 aromatic rings. The maximum Gasteiger partial charge on any atom is 0.184 e. The quantitative estimate of drug-likeness (QED) is 0.731. The molecule has 1 unspecified atom stereocenters. The molecule has 1 atom stereocenters. The van der Waals surface area contributed by atoms with Crippen molar-refractivity contribution in [3.8, 4) is 0 Å². The lowest BCUT2D eigenvalue weighted by molar-refractivity contribution is 0.0876. The van der Waals surface area contributed by atoms with Gasteiger partial charge in [0.15, 0.2) is 5.78 Å². The molecule has 2 aromatic carbocycles. The highest BCUT2D eigenvalue weighted by Crippen LogP contribution is 2.32. The number of rotatable bonds is 4. The van der Waals surface area contributed by atoms with Gasteiger partial charge in [0.05, 0.1) is 0 Å². The zero-order valence-corrected chi connectivity index (χ0v) is 14.1. The molecule has 1 N–H and O–H groups in total. The third-order valence-electron chi connectivity index (χ3n) is 4.32. The number of fused-ring (bicyclic) bond motifs is 1. The molecule has 0 spiro atoms. The van der Waals surface area contributed by atoms with Crippen LogP contribution in [0.2, 0.25) is 0 Å². The van der Waals surface area contributed by atoms with Crippen molar-refractivity contribution in [3.63, 3.8) is 0 Å². The second-order valence-electron chi connectivity index (χ2n) is 6.31. The predicted molar refractivity (Wildman–Crippen MR) is 95.0 cm³/mol. The third kappa shape index (κ3) is 2.80. The van der Waals surface area contributed by atoms with Crippen LogP contribution in [0.25, 0.3) is 10.9 Å². The molecule has 3 heteroatoms. The molecule has 0 fully saturated rings. The number of carbonyl (C=O) groups is 1. The van der Waals surface area contributed by atoms with Crippen LogP contribution in [0.1, 0.15) is 33.2 Å². The summed E-state index contributed by atoms with van der Waals surface area (Å²) in [7, 11) is 3.91. The van der Waals surface area contributed by atoms with Gasteiger partial charge in [0.25, 0.3) is 0 Å². The Hall–Kier alpha value is -2.39. The Morgan fingerprint density at radius 1 is 1.00 bits per heavy atom. The Morgan fingerprint density at radius 2 is 1.65 bits per heavy atom. The van der Waals surface area contributed by atoms with Crippen LogP contribution in [0.4, 0.5) is 0 Å². The van der Waals surface area contributed by atoms with Crippen molar-refractivity contribution in [3.05, 3.63) is 70.9 Å². The number of hydrogen-bond donors (Lipinski definition) is 1. The van der Waals surface area contributed by atoms with Crippen LogP contribution in [-0.2, 0) is 0 Å². The first-order valence-electron chi connectivity index (χ1n) is 7.83. The maximum atomic E-state index is 13.1. The summed E-state index contributed by atoms with van der Waals surface area (Å²) in [6.07, 6.45) is 0. The van der Waals surface area contributed by atoms with Gasteiger partial charge in [-0.3, -0.25) is 9.69 Å². The minimum atomic E-state index is -0.297. The van der Waals surface area contributed by atoms with E-state index in [-0.39, 0.29) is 11.8 Å². The van der Waals surface area contributed by atoms with Gasteiger partial charge in [-0.05, 0) is 34.0 Å². The fourth-order valence-corrected chi connectivity index (χ4v) is 3.15. The zero-order chi connectivity index (χ0) is 16.6. The lowest BCUT2D eigenvalue weighted by Gasteiger charge is -2.24. The Balaban J connectivity index is 2.13. The molecule has 1 aromatic heterocycles. The first-order chi connectivity index (χ1) is 11.0. The molecule has 0 bridgehead atoms. The van der Waals surface area contributed by atoms with E-state index in [1.165, 1.54) is 0 Å². The molecule has 1 heterocycles. The second kappa shape index (κ2) is 6.01. The molecule has 3 rings (SSSR count). The highest BCUT2D eigenvalue weighted by atomic mass is 16.1. The maximum absolute atomic E-state index is 13.1. The monoisotopic (exact) mass is 306 g/mol. The molecular weight excluding hydrogens is 284 g/mol. The van der Waals surface area contributed by atoms with Crippen molar-refractivity contribution in [2.45, 2.75) is 19.9 Å². The first-order valence-corrected chi connectivity index (χ1v) is 7.83. The molecule has 0 aliphatic rings. The Kier molecular flexibility index (Phi) is 4.05. The SMILES string of the molecule is Cc1ccc(C(=O)C(c2c(C)[nH]c3ccccc23)N(C)C)cc1. The number of likely N-dealkylation sites (N-methyl/N-ethyl adjacent to an activating group) is 1.